The van der Waals surface area contributed by atoms with Crippen LogP contribution in [0.2, 0.25) is 0 Å². The second-order valence-electron chi connectivity index (χ2n) is 7.34. The van der Waals surface area contributed by atoms with Gasteiger partial charge in [0.05, 0.1) is 31.3 Å². The van der Waals surface area contributed by atoms with E-state index in [1.807, 2.05) is 0 Å². The van der Waals surface area contributed by atoms with Crippen LogP contribution in [-0.2, 0) is 14.9 Å². The molecule has 0 aromatic heterocycles. The molecule has 0 bridgehead atoms. The number of nitrogens with one attached hydrogen (secondary N) is 1. The van der Waals surface area contributed by atoms with Crippen molar-refractivity contribution in [2.24, 2.45) is 0 Å². The van der Waals surface area contributed by atoms with Crippen LogP contribution in [0.3, 0.4) is 0 Å². The Balaban J connectivity index is 1.80. The fraction of sp³-hybridized carbons (Fsp3) is 0.250. The molecule has 5 rings (SSSR count). The number of fused-ring (bicyclic) bond motifs is 1. The lowest BCUT2D eigenvalue weighted by Gasteiger charge is -2.42. The Morgan fingerprint density at radius 1 is 0.857 bits per heavy atom. The first-order valence-electron chi connectivity index (χ1n) is 9.67. The monoisotopic (exact) mass is 435 g/mol. The van der Waals surface area contributed by atoms with Crippen LogP contribution in [0.25, 0.3) is 0 Å². The topological polar surface area (TPSA) is 30.5 Å². The van der Waals surface area contributed by atoms with Crippen LogP contribution >= 0.6 is 15.9 Å². The summed E-state index contributed by atoms with van der Waals surface area (Å²) in [5.41, 5.74) is 4.55. The number of benzene rings is 3. The van der Waals surface area contributed by atoms with Crippen molar-refractivity contribution in [1.29, 1.82) is 0 Å². The van der Waals surface area contributed by atoms with E-state index in [9.17, 15) is 0 Å². The van der Waals surface area contributed by atoms with E-state index in [2.05, 4.69) is 100 Å². The molecule has 2 atom stereocenters. The lowest BCUT2D eigenvalue weighted by atomic mass is 9.65. The van der Waals surface area contributed by atoms with Crippen molar-refractivity contribution < 1.29 is 9.47 Å². The Kier molecular flexibility index (Phi) is 4.71. The van der Waals surface area contributed by atoms with Crippen LogP contribution < -0.4 is 5.32 Å². The smallest absolute Gasteiger partial charge is 0.102 e. The summed E-state index contributed by atoms with van der Waals surface area (Å²) in [4.78, 5) is 0. The minimum absolute atomic E-state index is 0.0295. The molecule has 142 valence electrons. The molecule has 3 aromatic carbocycles. The third-order valence-corrected chi connectivity index (χ3v) is 6.35. The van der Waals surface area contributed by atoms with E-state index in [-0.39, 0.29) is 17.6 Å². The maximum Gasteiger partial charge on any atom is 0.102 e. The van der Waals surface area contributed by atoms with Gasteiger partial charge in [-0.2, -0.15) is 0 Å². The van der Waals surface area contributed by atoms with E-state index in [1.54, 1.807) is 0 Å². The maximum absolute atomic E-state index is 6.22. The molecular weight excluding hydrogens is 414 g/mol. The number of anilines is 1. The van der Waals surface area contributed by atoms with Crippen molar-refractivity contribution in [3.8, 4) is 0 Å². The summed E-state index contributed by atoms with van der Waals surface area (Å²) in [6, 6.07) is 28.0. The van der Waals surface area contributed by atoms with Gasteiger partial charge in [-0.3, -0.25) is 0 Å². The van der Waals surface area contributed by atoms with Crippen molar-refractivity contribution in [1.82, 2.24) is 0 Å². The first-order valence-corrected chi connectivity index (χ1v) is 10.5. The molecule has 0 amide bonds. The van der Waals surface area contributed by atoms with Crippen LogP contribution in [0.5, 0.6) is 0 Å². The summed E-state index contributed by atoms with van der Waals surface area (Å²) in [7, 11) is 0. The number of rotatable bonds is 3. The highest BCUT2D eigenvalue weighted by Gasteiger charge is 2.53. The number of halogens is 1. The molecule has 1 fully saturated rings. The zero-order chi connectivity index (χ0) is 19.0. The largest absolute Gasteiger partial charge is 0.378 e. The van der Waals surface area contributed by atoms with E-state index in [0.29, 0.717) is 19.8 Å². The van der Waals surface area contributed by atoms with Crippen LogP contribution in [0.15, 0.2) is 83.3 Å². The summed E-state index contributed by atoms with van der Waals surface area (Å²) in [6.45, 7) is 1.88. The molecule has 2 unspecified atom stereocenters. The van der Waals surface area contributed by atoms with Gasteiger partial charge in [0.15, 0.2) is 0 Å². The highest BCUT2D eigenvalue weighted by molar-refractivity contribution is 9.10. The van der Waals surface area contributed by atoms with E-state index in [4.69, 9.17) is 9.47 Å². The van der Waals surface area contributed by atoms with Gasteiger partial charge in [-0.05, 0) is 34.9 Å². The van der Waals surface area contributed by atoms with E-state index < -0.39 is 0 Å². The van der Waals surface area contributed by atoms with E-state index >= 15 is 0 Å². The molecule has 28 heavy (non-hydrogen) atoms. The second kappa shape index (κ2) is 7.36. The van der Waals surface area contributed by atoms with Crippen molar-refractivity contribution in [3.05, 3.63) is 100 Å². The highest BCUT2D eigenvalue weighted by atomic mass is 79.9. The normalized spacial score (nSPS) is 23.0. The van der Waals surface area contributed by atoms with Gasteiger partial charge in [0.2, 0.25) is 0 Å². The molecule has 3 nitrogen and oxygen atoms in total. The zero-order valence-corrected chi connectivity index (χ0v) is 17.1. The standard InChI is InChI=1S/C24H22BrNO2/c25-19-11-12-21-20(15-19)24(17-7-3-1-4-8-17,18-9-5-2-6-10-18)23(26-21)22-16-27-13-14-28-22/h1-12,15,22-23,26H,13-14,16H2. The Hall–Kier alpha value is -2.14. The molecule has 2 aliphatic rings. The Morgan fingerprint density at radius 2 is 1.54 bits per heavy atom. The van der Waals surface area contributed by atoms with Crippen LogP contribution in [0.1, 0.15) is 16.7 Å². The third kappa shape index (κ3) is 2.79. The molecule has 4 heteroatoms. The summed E-state index contributed by atoms with van der Waals surface area (Å²) < 4.78 is 13.1. The SMILES string of the molecule is Brc1ccc2c(c1)C(c1ccccc1)(c1ccccc1)C(C1COCCO1)N2. The lowest BCUT2D eigenvalue weighted by Crippen LogP contribution is -2.52. The molecule has 2 heterocycles. The molecule has 1 saturated heterocycles. The molecular formula is C24H22BrNO2. The molecule has 0 spiro atoms. The highest BCUT2D eigenvalue weighted by Crippen LogP contribution is 2.52. The first kappa shape index (κ1) is 17.9. The minimum atomic E-state index is -0.368. The average molecular weight is 436 g/mol. The van der Waals surface area contributed by atoms with Gasteiger partial charge in [0.1, 0.15) is 6.10 Å². The van der Waals surface area contributed by atoms with E-state index in [0.717, 1.165) is 10.2 Å². The molecule has 0 saturated carbocycles. The maximum atomic E-state index is 6.22. The summed E-state index contributed by atoms with van der Waals surface area (Å²) in [5, 5.41) is 3.79. The van der Waals surface area contributed by atoms with Gasteiger partial charge < -0.3 is 14.8 Å². The predicted octanol–water partition coefficient (Wildman–Crippen LogP) is 4.99. The molecule has 0 radical (unpaired) electrons. The Labute approximate surface area is 173 Å². The van der Waals surface area contributed by atoms with Gasteiger partial charge in [0.25, 0.3) is 0 Å². The minimum Gasteiger partial charge on any atom is -0.378 e. The zero-order valence-electron chi connectivity index (χ0n) is 15.5. The molecule has 2 aliphatic heterocycles. The predicted molar refractivity (Wildman–Crippen MR) is 115 cm³/mol. The summed E-state index contributed by atoms with van der Waals surface area (Å²) in [6.07, 6.45) is -0.0414. The van der Waals surface area contributed by atoms with Gasteiger partial charge in [-0.1, -0.05) is 76.6 Å². The third-order valence-electron chi connectivity index (χ3n) is 5.86. The van der Waals surface area contributed by atoms with Crippen molar-refractivity contribution in [3.63, 3.8) is 0 Å². The van der Waals surface area contributed by atoms with Crippen LogP contribution in [0, 0.1) is 0 Å². The van der Waals surface area contributed by atoms with Crippen LogP contribution in [-0.4, -0.2) is 32.0 Å². The van der Waals surface area contributed by atoms with Crippen molar-refractivity contribution >= 4 is 21.6 Å². The fourth-order valence-electron chi connectivity index (χ4n) is 4.72. The molecule has 3 aromatic rings. The van der Waals surface area contributed by atoms with Gasteiger partial charge in [0, 0.05) is 10.2 Å². The van der Waals surface area contributed by atoms with Crippen molar-refractivity contribution in [2.75, 3.05) is 25.1 Å². The fourth-order valence-corrected chi connectivity index (χ4v) is 5.08. The summed E-state index contributed by atoms with van der Waals surface area (Å²) >= 11 is 3.69. The Bertz CT molecular complexity index is 915. The van der Waals surface area contributed by atoms with Gasteiger partial charge in [-0.15, -0.1) is 0 Å². The second-order valence-corrected chi connectivity index (χ2v) is 8.25. The average Bonchev–Trinajstić information content (AvgIpc) is 3.11. The lowest BCUT2D eigenvalue weighted by molar-refractivity contribution is -0.0981. The number of hydrogen-bond donors (Lipinski definition) is 1. The van der Waals surface area contributed by atoms with Gasteiger partial charge in [-0.25, -0.2) is 0 Å². The Morgan fingerprint density at radius 3 is 2.14 bits per heavy atom. The van der Waals surface area contributed by atoms with Crippen LogP contribution in [0.4, 0.5) is 5.69 Å². The number of ether oxygens (including phenoxy) is 2. The molecule has 1 N–H and O–H groups in total. The summed E-state index contributed by atoms with van der Waals surface area (Å²) in [5.74, 6) is 0. The van der Waals surface area contributed by atoms with Gasteiger partial charge >= 0.3 is 0 Å². The van der Waals surface area contributed by atoms with E-state index in [1.165, 1.54) is 16.7 Å². The first-order chi connectivity index (χ1) is 13.8. The number of hydrogen-bond acceptors (Lipinski definition) is 3. The van der Waals surface area contributed by atoms with Crippen molar-refractivity contribution in [2.45, 2.75) is 17.6 Å². The molecule has 0 aliphatic carbocycles. The quantitative estimate of drug-likeness (QED) is 0.628.